The summed E-state index contributed by atoms with van der Waals surface area (Å²) in [5, 5.41) is -0.0341. The number of nitrogens with zero attached hydrogens (tertiary/aromatic N) is 4. The highest BCUT2D eigenvalue weighted by atomic mass is 32.2. The summed E-state index contributed by atoms with van der Waals surface area (Å²) in [6, 6.07) is 20.6. The molecule has 13 heteroatoms. The van der Waals surface area contributed by atoms with Crippen LogP contribution in [0.2, 0.25) is 0 Å². The van der Waals surface area contributed by atoms with Crippen LogP contribution >= 0.6 is 11.5 Å². The number of likely N-dealkylation sites (tertiary alicyclic amines) is 2. The third-order valence-corrected chi connectivity index (χ3v) is 10.7. The molecule has 2 fully saturated rings. The van der Waals surface area contributed by atoms with Crippen LogP contribution in [-0.2, 0) is 10.0 Å². The fourth-order valence-corrected chi connectivity index (χ4v) is 8.24. The maximum Gasteiger partial charge on any atom is 0.264 e. The van der Waals surface area contributed by atoms with Gasteiger partial charge in [0.2, 0.25) is 5.13 Å². The van der Waals surface area contributed by atoms with E-state index in [2.05, 4.69) is 14.1 Å². The van der Waals surface area contributed by atoms with Gasteiger partial charge in [-0.05, 0) is 42.9 Å². The van der Waals surface area contributed by atoms with E-state index in [1.807, 2.05) is 24.3 Å². The van der Waals surface area contributed by atoms with Crippen LogP contribution < -0.4 is 4.72 Å². The normalized spacial score (nSPS) is 24.6. The Morgan fingerprint density at radius 3 is 1.89 bits per heavy atom. The summed E-state index contributed by atoms with van der Waals surface area (Å²) in [6.07, 6.45) is -4.46. The molecule has 3 aromatic carbocycles. The van der Waals surface area contributed by atoms with Crippen LogP contribution in [-0.4, -0.2) is 53.0 Å². The van der Waals surface area contributed by atoms with Gasteiger partial charge >= 0.3 is 0 Å². The summed E-state index contributed by atoms with van der Waals surface area (Å²) in [4.78, 5) is 6.39. The molecule has 2 aliphatic rings. The van der Waals surface area contributed by atoms with Crippen LogP contribution in [0.4, 0.5) is 22.7 Å². The number of nitrogens with one attached hydrogen (secondary N) is 1. The van der Waals surface area contributed by atoms with Gasteiger partial charge in [0.05, 0.1) is 4.90 Å². The van der Waals surface area contributed by atoms with Gasteiger partial charge in [0, 0.05) is 47.8 Å². The molecule has 1 aromatic heterocycles. The van der Waals surface area contributed by atoms with E-state index in [0.717, 1.165) is 23.2 Å². The van der Waals surface area contributed by atoms with Crippen molar-refractivity contribution in [2.45, 2.75) is 67.6 Å². The summed E-state index contributed by atoms with van der Waals surface area (Å²) in [7, 11) is -4.48. The molecule has 0 amide bonds. The minimum Gasteiger partial charge on any atom is -0.263 e. The standard InChI is InChI=1S/C32H33F4N5O2S2/c33-24-13-15-40(27(18-24)21-7-3-1-4-8-21)30(35)23-11-12-26(29(17-23)45(42,43)39-32-37-20-38-44-32)31(36)41-16-14-25(34)19-28(41)22-9-5-2-6-10-22/h1-12,17,20,24-25,27-28,30-31H,13-16,18-19H2,(H,37,38,39)/t24-,25-,27+,28+,30?,31?/m1/s1. The minimum atomic E-state index is -4.48. The number of benzene rings is 3. The van der Waals surface area contributed by atoms with Gasteiger partial charge in [0.25, 0.3) is 10.0 Å². The van der Waals surface area contributed by atoms with E-state index in [-0.39, 0.29) is 55.0 Å². The average Bonchev–Trinajstić information content (AvgIpc) is 3.57. The van der Waals surface area contributed by atoms with Gasteiger partial charge in [0.15, 0.2) is 12.6 Å². The SMILES string of the molecule is O=S(=O)(Nc1ncns1)c1cc(C(F)N2CC[C@@H](F)C[C@H]2c2ccccc2)ccc1C(F)N1CC[C@@H](F)C[C@H]1c1ccccc1. The highest BCUT2D eigenvalue weighted by Crippen LogP contribution is 2.43. The van der Waals surface area contributed by atoms with Gasteiger partial charge in [0.1, 0.15) is 18.7 Å². The number of hydrogen-bond acceptors (Lipinski definition) is 7. The molecule has 45 heavy (non-hydrogen) atoms. The second-order valence-corrected chi connectivity index (χ2v) is 13.8. The zero-order chi connectivity index (χ0) is 31.6. The maximum atomic E-state index is 16.7. The molecule has 2 saturated heterocycles. The molecule has 0 aliphatic carbocycles. The number of hydrogen-bond donors (Lipinski definition) is 1. The second kappa shape index (κ2) is 13.5. The van der Waals surface area contributed by atoms with E-state index in [4.69, 9.17) is 0 Å². The predicted octanol–water partition coefficient (Wildman–Crippen LogP) is 7.63. The Kier molecular flexibility index (Phi) is 9.50. The van der Waals surface area contributed by atoms with Gasteiger partial charge in [-0.2, -0.15) is 4.37 Å². The number of alkyl halides is 4. The Bertz CT molecular complexity index is 1670. The first-order valence-electron chi connectivity index (χ1n) is 14.8. The Morgan fingerprint density at radius 2 is 1.36 bits per heavy atom. The summed E-state index contributed by atoms with van der Waals surface area (Å²) in [6.45, 7) is 0.160. The van der Waals surface area contributed by atoms with Crippen LogP contribution in [0, 0.1) is 0 Å². The first-order chi connectivity index (χ1) is 21.7. The van der Waals surface area contributed by atoms with Crippen molar-refractivity contribution in [3.05, 3.63) is 107 Å². The molecule has 238 valence electrons. The number of anilines is 1. The van der Waals surface area contributed by atoms with E-state index in [9.17, 15) is 17.2 Å². The van der Waals surface area contributed by atoms with Crippen LogP contribution in [0.25, 0.3) is 0 Å². The van der Waals surface area contributed by atoms with Crippen molar-refractivity contribution in [1.29, 1.82) is 0 Å². The third kappa shape index (κ3) is 6.91. The molecule has 0 spiro atoms. The van der Waals surface area contributed by atoms with Crippen molar-refractivity contribution in [2.75, 3.05) is 17.8 Å². The van der Waals surface area contributed by atoms with E-state index < -0.39 is 51.9 Å². The molecule has 2 unspecified atom stereocenters. The molecule has 6 rings (SSSR count). The molecule has 7 nitrogen and oxygen atoms in total. The van der Waals surface area contributed by atoms with Gasteiger partial charge in [-0.1, -0.05) is 72.8 Å². The van der Waals surface area contributed by atoms with Crippen LogP contribution in [0.5, 0.6) is 0 Å². The Labute approximate surface area is 264 Å². The first-order valence-corrected chi connectivity index (χ1v) is 17.1. The van der Waals surface area contributed by atoms with E-state index >= 15 is 8.78 Å². The number of aromatic nitrogens is 2. The molecule has 6 atom stereocenters. The summed E-state index contributed by atoms with van der Waals surface area (Å²) < 4.78 is 96.0. The molecule has 2 aliphatic heterocycles. The highest BCUT2D eigenvalue weighted by Gasteiger charge is 2.39. The van der Waals surface area contributed by atoms with E-state index in [0.29, 0.717) is 5.56 Å². The predicted molar refractivity (Wildman–Crippen MR) is 165 cm³/mol. The van der Waals surface area contributed by atoms with Gasteiger partial charge in [-0.25, -0.2) is 31.0 Å². The van der Waals surface area contributed by atoms with Gasteiger partial charge in [-0.15, -0.1) is 0 Å². The quantitative estimate of drug-likeness (QED) is 0.147. The Balaban J connectivity index is 1.39. The highest BCUT2D eigenvalue weighted by molar-refractivity contribution is 7.93. The van der Waals surface area contributed by atoms with Crippen molar-refractivity contribution in [3.63, 3.8) is 0 Å². The van der Waals surface area contributed by atoms with Crippen molar-refractivity contribution in [1.82, 2.24) is 19.2 Å². The molecule has 1 N–H and O–H groups in total. The number of halogens is 4. The first kappa shape index (κ1) is 31.6. The number of piperidine rings is 2. The third-order valence-electron chi connectivity index (χ3n) is 8.55. The molecular weight excluding hydrogens is 627 g/mol. The lowest BCUT2D eigenvalue weighted by atomic mass is 9.92. The molecule has 3 heterocycles. The van der Waals surface area contributed by atoms with Crippen molar-refractivity contribution >= 4 is 26.7 Å². The molecular formula is C32H33F4N5O2S2. The summed E-state index contributed by atoms with van der Waals surface area (Å²) in [5.41, 5.74) is 1.24. The lowest BCUT2D eigenvalue weighted by Gasteiger charge is -2.40. The zero-order valence-corrected chi connectivity index (χ0v) is 25.9. The molecule has 0 saturated carbocycles. The number of rotatable bonds is 9. The van der Waals surface area contributed by atoms with Crippen molar-refractivity contribution in [3.8, 4) is 0 Å². The number of sulfonamides is 1. The average molecular weight is 660 g/mol. The minimum absolute atomic E-state index is 0.0103. The second-order valence-electron chi connectivity index (χ2n) is 11.4. The van der Waals surface area contributed by atoms with Crippen LogP contribution in [0.1, 0.15) is 72.6 Å². The van der Waals surface area contributed by atoms with E-state index in [1.54, 1.807) is 36.4 Å². The zero-order valence-electron chi connectivity index (χ0n) is 24.2. The van der Waals surface area contributed by atoms with Crippen molar-refractivity contribution < 1.29 is 26.0 Å². The Morgan fingerprint density at radius 1 is 0.800 bits per heavy atom. The summed E-state index contributed by atoms with van der Waals surface area (Å²) >= 11 is 0.801. The Hall–Kier alpha value is -3.39. The fraction of sp³-hybridized carbons (Fsp3) is 0.375. The van der Waals surface area contributed by atoms with E-state index in [1.165, 1.54) is 28.3 Å². The molecule has 0 bridgehead atoms. The lowest BCUT2D eigenvalue weighted by Crippen LogP contribution is -2.39. The van der Waals surface area contributed by atoms with Crippen LogP contribution in [0.3, 0.4) is 0 Å². The smallest absolute Gasteiger partial charge is 0.263 e. The van der Waals surface area contributed by atoms with Gasteiger partial charge in [-0.3, -0.25) is 14.5 Å². The maximum absolute atomic E-state index is 16.7. The topological polar surface area (TPSA) is 78.4 Å². The van der Waals surface area contributed by atoms with Crippen molar-refractivity contribution in [2.24, 2.45) is 0 Å². The monoisotopic (exact) mass is 659 g/mol. The van der Waals surface area contributed by atoms with Crippen LogP contribution in [0.15, 0.2) is 90.1 Å². The summed E-state index contributed by atoms with van der Waals surface area (Å²) in [5.74, 6) is 0. The van der Waals surface area contributed by atoms with Gasteiger partial charge < -0.3 is 0 Å². The molecule has 0 radical (unpaired) electrons. The molecule has 4 aromatic rings. The fourth-order valence-electron chi connectivity index (χ4n) is 6.32. The largest absolute Gasteiger partial charge is 0.264 e. The lowest BCUT2D eigenvalue weighted by molar-refractivity contribution is -0.0109.